The van der Waals surface area contributed by atoms with Crippen molar-refractivity contribution in [3.63, 3.8) is 0 Å². The highest BCUT2D eigenvalue weighted by atomic mass is 19.4. The molecule has 1 N–H and O–H groups in total. The van der Waals surface area contributed by atoms with E-state index in [4.69, 9.17) is 0 Å². The first kappa shape index (κ1) is 17.7. The summed E-state index contributed by atoms with van der Waals surface area (Å²) in [6.07, 6.45) is -7.55. The molecule has 0 amide bonds. The van der Waals surface area contributed by atoms with Gasteiger partial charge in [0, 0.05) is 6.42 Å². The van der Waals surface area contributed by atoms with E-state index < -0.39 is 53.7 Å². The van der Waals surface area contributed by atoms with Crippen molar-refractivity contribution in [2.45, 2.75) is 31.5 Å². The molecule has 14 heteroatoms. The lowest BCUT2D eigenvalue weighted by atomic mass is 10.1. The maximum absolute atomic E-state index is 13.9. The number of nitrogens with one attached hydrogen (secondary N) is 1. The van der Waals surface area contributed by atoms with Crippen molar-refractivity contribution in [2.75, 3.05) is 0 Å². The highest BCUT2D eigenvalue weighted by Gasteiger charge is 2.37. The molecule has 0 aliphatic rings. The van der Waals surface area contributed by atoms with Crippen LogP contribution in [0.25, 0.3) is 0 Å². The fraction of sp³-hybridized carbons (Fsp3) is 0.500. The third-order valence-electron chi connectivity index (χ3n) is 2.93. The van der Waals surface area contributed by atoms with E-state index in [-0.39, 0.29) is 16.6 Å². The summed E-state index contributed by atoms with van der Waals surface area (Å²) in [5, 5.41) is 21.5. The number of rotatable bonds is 6. The quantitative estimate of drug-likeness (QED) is 0.485. The number of nitrogens with zero attached hydrogens (tertiary/aromatic N) is 5. The smallest absolute Gasteiger partial charge is 0.262 e. The van der Waals surface area contributed by atoms with Crippen molar-refractivity contribution in [1.82, 2.24) is 25.2 Å². The van der Waals surface area contributed by atoms with E-state index in [0.717, 1.165) is 0 Å². The Kier molecular flexibility index (Phi) is 4.48. The van der Waals surface area contributed by atoms with Gasteiger partial charge in [0.05, 0.1) is 22.7 Å². The molecule has 0 aromatic carbocycles. The summed E-state index contributed by atoms with van der Waals surface area (Å²) in [7, 11) is 0. The molecule has 2 aromatic rings. The number of halogens is 6. The first-order valence-electron chi connectivity index (χ1n) is 6.23. The van der Waals surface area contributed by atoms with Crippen LogP contribution in [0.4, 0.5) is 32.0 Å². The number of H-pyrrole nitrogens is 1. The molecule has 0 spiro atoms. The van der Waals surface area contributed by atoms with Crippen molar-refractivity contribution >= 4 is 5.69 Å². The van der Waals surface area contributed by atoms with Crippen LogP contribution in [0.5, 0.6) is 0 Å². The van der Waals surface area contributed by atoms with Crippen LogP contribution in [0, 0.1) is 16.1 Å². The molecule has 8 nitrogen and oxygen atoms in total. The van der Waals surface area contributed by atoms with Crippen LogP contribution in [0.3, 0.4) is 0 Å². The Morgan fingerprint density at radius 3 is 2.50 bits per heavy atom. The van der Waals surface area contributed by atoms with Gasteiger partial charge in [-0.25, -0.2) is 0 Å². The van der Waals surface area contributed by atoms with E-state index in [1.165, 1.54) is 0 Å². The lowest BCUT2D eigenvalue weighted by molar-refractivity contribution is -0.387. The van der Waals surface area contributed by atoms with Gasteiger partial charge >= 0.3 is 23.9 Å². The molecular weight excluding hydrogens is 350 g/mol. The highest BCUT2D eigenvalue weighted by Crippen LogP contribution is 2.30. The van der Waals surface area contributed by atoms with Gasteiger partial charge in [-0.3, -0.25) is 15.2 Å². The second-order valence-corrected chi connectivity index (χ2v) is 4.70. The molecule has 0 unspecified atom stereocenters. The van der Waals surface area contributed by atoms with Crippen molar-refractivity contribution in [1.29, 1.82) is 0 Å². The van der Waals surface area contributed by atoms with E-state index in [0.29, 0.717) is 0 Å². The van der Waals surface area contributed by atoms with Crippen LogP contribution in [-0.2, 0) is 18.9 Å². The van der Waals surface area contributed by atoms with Crippen LogP contribution >= 0.6 is 0 Å². The summed E-state index contributed by atoms with van der Waals surface area (Å²) < 4.78 is 77.6. The lowest BCUT2D eigenvalue weighted by Crippen LogP contribution is -2.25. The molecule has 0 aliphatic carbocycles. The third kappa shape index (κ3) is 3.99. The fourth-order valence-corrected chi connectivity index (χ4v) is 1.83. The maximum atomic E-state index is 13.9. The number of hydrogen-bond acceptors (Lipinski definition) is 5. The van der Waals surface area contributed by atoms with Gasteiger partial charge in [0.25, 0.3) is 0 Å². The minimum atomic E-state index is -4.60. The molecule has 0 saturated heterocycles. The van der Waals surface area contributed by atoms with Gasteiger partial charge in [-0.1, -0.05) is 5.21 Å². The number of aryl methyl sites for hydroxylation is 1. The van der Waals surface area contributed by atoms with Crippen LogP contribution in [0.15, 0.2) is 6.20 Å². The molecule has 0 aliphatic heterocycles. The zero-order chi connectivity index (χ0) is 18.1. The van der Waals surface area contributed by atoms with E-state index >= 15 is 0 Å². The van der Waals surface area contributed by atoms with E-state index in [1.54, 1.807) is 0 Å². The SMILES string of the molecule is O=[N+]([O-])c1cn(C(F)(F)CCc2[nH]nnc2CC(F)(F)F)nc1F. The minimum Gasteiger partial charge on any atom is -0.262 e. The Labute approximate surface area is 128 Å². The summed E-state index contributed by atoms with van der Waals surface area (Å²) in [5.41, 5.74) is -2.05. The monoisotopic (exact) mass is 358 g/mol. The zero-order valence-electron chi connectivity index (χ0n) is 11.5. The summed E-state index contributed by atoms with van der Waals surface area (Å²) in [5.74, 6) is -1.69. The van der Waals surface area contributed by atoms with Crippen molar-refractivity contribution in [2.24, 2.45) is 0 Å². The van der Waals surface area contributed by atoms with Crippen molar-refractivity contribution < 1.29 is 31.3 Å². The average Bonchev–Trinajstić information content (AvgIpc) is 3.01. The standard InChI is InChI=1S/C10H8F6N6O2/c11-8-7(22(23)24)4-21(19-8)10(15,16)2-1-5-6(18-20-17-5)3-9(12,13)14/h4H,1-3H2,(H,17,18,20). The molecule has 24 heavy (non-hydrogen) atoms. The molecule has 0 bridgehead atoms. The normalized spacial score (nSPS) is 12.6. The number of hydrogen-bond donors (Lipinski definition) is 1. The van der Waals surface area contributed by atoms with Gasteiger partial charge in [-0.15, -0.1) is 10.2 Å². The van der Waals surface area contributed by atoms with Crippen LogP contribution in [-0.4, -0.2) is 36.3 Å². The number of aromatic nitrogens is 5. The molecule has 0 saturated carbocycles. The Balaban J connectivity index is 2.12. The topological polar surface area (TPSA) is 103 Å². The van der Waals surface area contributed by atoms with Crippen molar-refractivity contribution in [3.05, 3.63) is 33.6 Å². The zero-order valence-corrected chi connectivity index (χ0v) is 11.5. The lowest BCUT2D eigenvalue weighted by Gasteiger charge is -2.15. The van der Waals surface area contributed by atoms with Crippen LogP contribution in [0.2, 0.25) is 0 Å². The summed E-state index contributed by atoms with van der Waals surface area (Å²) >= 11 is 0. The Hall–Kier alpha value is -2.67. The van der Waals surface area contributed by atoms with Gasteiger partial charge in [0.15, 0.2) is 0 Å². The first-order valence-corrected chi connectivity index (χ1v) is 6.23. The van der Waals surface area contributed by atoms with Crippen molar-refractivity contribution in [3.8, 4) is 0 Å². The second-order valence-electron chi connectivity index (χ2n) is 4.70. The summed E-state index contributed by atoms with van der Waals surface area (Å²) in [6.45, 7) is 0. The van der Waals surface area contributed by atoms with Crippen LogP contribution < -0.4 is 0 Å². The van der Waals surface area contributed by atoms with Crippen LogP contribution in [0.1, 0.15) is 17.8 Å². The molecule has 132 valence electrons. The largest absolute Gasteiger partial charge is 0.394 e. The van der Waals surface area contributed by atoms with Gasteiger partial charge < -0.3 is 0 Å². The highest BCUT2D eigenvalue weighted by molar-refractivity contribution is 5.23. The number of nitro groups is 1. The predicted octanol–water partition coefficient (Wildman–Crippen LogP) is 2.34. The first-order chi connectivity index (χ1) is 11.0. The second kappa shape index (κ2) is 6.09. The molecule has 0 fully saturated rings. The van der Waals surface area contributed by atoms with E-state index in [1.807, 2.05) is 0 Å². The molecule has 2 heterocycles. The van der Waals surface area contributed by atoms with Gasteiger partial charge in [-0.05, 0) is 6.42 Å². The minimum absolute atomic E-state index is 0.206. The molecule has 2 aromatic heterocycles. The van der Waals surface area contributed by atoms with E-state index in [2.05, 4.69) is 20.5 Å². The van der Waals surface area contributed by atoms with Gasteiger partial charge in [-0.2, -0.15) is 31.0 Å². The fourth-order valence-electron chi connectivity index (χ4n) is 1.83. The van der Waals surface area contributed by atoms with Gasteiger partial charge in [0.1, 0.15) is 6.20 Å². The summed E-state index contributed by atoms with van der Waals surface area (Å²) in [6, 6.07) is -3.87. The number of alkyl halides is 5. The number of aromatic amines is 1. The Morgan fingerprint density at radius 2 is 1.96 bits per heavy atom. The Bertz CT molecular complexity index is 739. The molecule has 0 atom stereocenters. The molecular formula is C10H8F6N6O2. The predicted molar refractivity (Wildman–Crippen MR) is 63.5 cm³/mol. The Morgan fingerprint density at radius 1 is 1.29 bits per heavy atom. The van der Waals surface area contributed by atoms with Gasteiger partial charge in [0.2, 0.25) is 0 Å². The summed E-state index contributed by atoms with van der Waals surface area (Å²) in [4.78, 5) is 9.20. The van der Waals surface area contributed by atoms with E-state index in [9.17, 15) is 36.5 Å². The maximum Gasteiger partial charge on any atom is 0.394 e. The molecule has 2 rings (SSSR count). The third-order valence-corrected chi connectivity index (χ3v) is 2.93. The average molecular weight is 358 g/mol. The molecule has 0 radical (unpaired) electrons.